The number of nitrogens with one attached hydrogen (secondary N) is 2. The Hall–Kier alpha value is -3.55. The Balaban J connectivity index is 1.78. The molecule has 0 aliphatic carbocycles. The fraction of sp³-hybridized carbons (Fsp3) is 0.658. The van der Waals surface area contributed by atoms with Crippen molar-refractivity contribution in [3.8, 4) is 16.2 Å². The van der Waals surface area contributed by atoms with Crippen molar-refractivity contribution in [2.24, 2.45) is 5.41 Å². The molecule has 1 fully saturated rings. The fourth-order valence-electron chi connectivity index (χ4n) is 5.84. The number of nitrogens with zero attached hydrogens (tertiary/aromatic N) is 2. The van der Waals surface area contributed by atoms with E-state index in [1.165, 1.54) is 23.2 Å². The Kier molecular flexibility index (Phi) is 13.5. The minimum atomic E-state index is -0.910. The number of benzene rings is 1. The lowest BCUT2D eigenvalue weighted by Gasteiger charge is -2.35. The summed E-state index contributed by atoms with van der Waals surface area (Å²) in [6.07, 6.45) is -0.184. The third kappa shape index (κ3) is 12.6. The second-order valence-electron chi connectivity index (χ2n) is 16.7. The highest BCUT2D eigenvalue weighted by Crippen LogP contribution is 2.35. The maximum atomic E-state index is 13.7. The zero-order valence-electron chi connectivity index (χ0n) is 32.4. The van der Waals surface area contributed by atoms with Crippen LogP contribution >= 0.6 is 11.3 Å². The number of aryl methyl sites for hydroxylation is 1. The highest BCUT2D eigenvalue weighted by molar-refractivity contribution is 7.13. The summed E-state index contributed by atoms with van der Waals surface area (Å²) in [6, 6.07) is 4.02. The molecule has 284 valence electrons. The van der Waals surface area contributed by atoms with Gasteiger partial charge >= 0.3 is 5.97 Å². The van der Waals surface area contributed by atoms with E-state index in [9.17, 15) is 24.3 Å². The van der Waals surface area contributed by atoms with Crippen molar-refractivity contribution < 1.29 is 38.5 Å². The number of aliphatic hydroxyl groups excluding tert-OH is 1. The molecule has 1 aromatic carbocycles. The van der Waals surface area contributed by atoms with Gasteiger partial charge in [-0.25, -0.2) is 4.98 Å². The number of thiazole rings is 1. The first-order valence-electron chi connectivity index (χ1n) is 17.5. The summed E-state index contributed by atoms with van der Waals surface area (Å²) in [5.41, 5.74) is 1.69. The van der Waals surface area contributed by atoms with Crippen LogP contribution in [0.1, 0.15) is 107 Å². The first-order valence-corrected chi connectivity index (χ1v) is 18.4. The average Bonchev–Trinajstić information content (AvgIpc) is 3.57. The Labute approximate surface area is 307 Å². The summed E-state index contributed by atoms with van der Waals surface area (Å²) < 4.78 is 18.2. The summed E-state index contributed by atoms with van der Waals surface area (Å²) in [6.45, 7) is 22.3. The fourth-order valence-corrected chi connectivity index (χ4v) is 6.64. The molecule has 0 saturated carbocycles. The minimum absolute atomic E-state index is 0.00875. The van der Waals surface area contributed by atoms with Gasteiger partial charge in [0, 0.05) is 38.4 Å². The first-order chi connectivity index (χ1) is 23.4. The van der Waals surface area contributed by atoms with Gasteiger partial charge in [-0.3, -0.25) is 19.2 Å². The van der Waals surface area contributed by atoms with Gasteiger partial charge in [-0.1, -0.05) is 32.9 Å². The summed E-state index contributed by atoms with van der Waals surface area (Å²) >= 11 is 1.52. The van der Waals surface area contributed by atoms with Gasteiger partial charge in [0.05, 0.1) is 40.8 Å². The van der Waals surface area contributed by atoms with Crippen molar-refractivity contribution in [2.45, 2.75) is 144 Å². The van der Waals surface area contributed by atoms with E-state index < -0.39 is 52.2 Å². The highest BCUT2D eigenvalue weighted by Gasteiger charge is 2.44. The van der Waals surface area contributed by atoms with E-state index in [0.29, 0.717) is 18.8 Å². The Morgan fingerprint density at radius 2 is 1.71 bits per heavy atom. The predicted octanol–water partition coefficient (Wildman–Crippen LogP) is 5.32. The molecule has 1 saturated heterocycles. The van der Waals surface area contributed by atoms with Crippen molar-refractivity contribution in [2.75, 3.05) is 13.2 Å². The van der Waals surface area contributed by atoms with Crippen molar-refractivity contribution >= 4 is 35.0 Å². The highest BCUT2D eigenvalue weighted by atomic mass is 32.1. The van der Waals surface area contributed by atoms with E-state index in [0.717, 1.165) is 21.7 Å². The Bertz CT molecular complexity index is 1560. The molecule has 3 atom stereocenters. The van der Waals surface area contributed by atoms with Crippen LogP contribution in [0, 0.1) is 12.3 Å². The van der Waals surface area contributed by atoms with Gasteiger partial charge in [0.1, 0.15) is 29.0 Å². The van der Waals surface area contributed by atoms with Crippen molar-refractivity contribution in [3.05, 3.63) is 35.0 Å². The molecule has 51 heavy (non-hydrogen) atoms. The van der Waals surface area contributed by atoms with Crippen LogP contribution in [0.3, 0.4) is 0 Å². The number of esters is 1. The van der Waals surface area contributed by atoms with E-state index >= 15 is 0 Å². The van der Waals surface area contributed by atoms with E-state index in [2.05, 4.69) is 15.6 Å². The molecule has 3 rings (SSSR count). The van der Waals surface area contributed by atoms with Crippen molar-refractivity contribution in [1.29, 1.82) is 0 Å². The predicted molar refractivity (Wildman–Crippen MR) is 197 cm³/mol. The van der Waals surface area contributed by atoms with Crippen LogP contribution in [-0.4, -0.2) is 86.8 Å². The first kappa shape index (κ1) is 41.9. The van der Waals surface area contributed by atoms with Gasteiger partial charge in [-0.2, -0.15) is 0 Å². The molecule has 13 heteroatoms. The van der Waals surface area contributed by atoms with Crippen LogP contribution in [0.2, 0.25) is 0 Å². The van der Waals surface area contributed by atoms with Crippen molar-refractivity contribution in [1.82, 2.24) is 20.5 Å². The molecule has 3 N–H and O–H groups in total. The zero-order valence-corrected chi connectivity index (χ0v) is 33.2. The molecule has 12 nitrogen and oxygen atoms in total. The molecular formula is C38H58N4O8S. The number of hydrogen-bond acceptors (Lipinski definition) is 10. The minimum Gasteiger partial charge on any atom is -0.487 e. The van der Waals surface area contributed by atoms with Gasteiger partial charge in [0.2, 0.25) is 17.7 Å². The van der Waals surface area contributed by atoms with Crippen LogP contribution < -0.4 is 15.4 Å². The standard InChI is InChI=1S/C38H58N4O8S/c1-23-31(51-22-40-23)25-13-14-26(29(17-25)49-37(9,10)15-16-48-38(11,12)19-30(45)50-36(6,7)8)20-39-33(46)28-18-27(44)21-42(28)34(47)32(35(3,4)5)41-24(2)43/h13-14,17,22,27-28,32,44H,15-16,18-21H2,1-12H3,(H,39,46)(H,41,43)/t27-,28+,32-/m1/s1. The molecule has 2 heterocycles. The quantitative estimate of drug-likeness (QED) is 0.219. The van der Waals surface area contributed by atoms with Gasteiger partial charge in [-0.05, 0) is 72.4 Å². The van der Waals surface area contributed by atoms with Gasteiger partial charge in [0.25, 0.3) is 0 Å². The molecule has 2 aromatic rings. The molecule has 0 radical (unpaired) electrons. The molecule has 0 spiro atoms. The van der Waals surface area contributed by atoms with Crippen LogP contribution in [0.5, 0.6) is 5.75 Å². The third-order valence-corrected chi connectivity index (χ3v) is 9.40. The van der Waals surface area contributed by atoms with E-state index in [1.54, 1.807) is 5.51 Å². The summed E-state index contributed by atoms with van der Waals surface area (Å²) in [5, 5.41) is 16.2. The van der Waals surface area contributed by atoms with E-state index in [4.69, 9.17) is 14.2 Å². The number of aliphatic hydroxyl groups is 1. The largest absolute Gasteiger partial charge is 0.487 e. The number of rotatable bonds is 14. The molecule has 3 amide bonds. The summed E-state index contributed by atoms with van der Waals surface area (Å²) in [7, 11) is 0. The van der Waals surface area contributed by atoms with E-state index in [-0.39, 0.29) is 37.8 Å². The van der Waals surface area contributed by atoms with Crippen LogP contribution in [0.15, 0.2) is 23.7 Å². The van der Waals surface area contributed by atoms with E-state index in [1.807, 2.05) is 94.4 Å². The number of hydrogen-bond donors (Lipinski definition) is 3. The lowest BCUT2D eigenvalue weighted by molar-refractivity contribution is -0.161. The molecule has 1 aliphatic rings. The van der Waals surface area contributed by atoms with Gasteiger partial charge in [0.15, 0.2) is 0 Å². The molecule has 0 bridgehead atoms. The maximum absolute atomic E-state index is 13.7. The number of amides is 3. The van der Waals surface area contributed by atoms with Crippen LogP contribution in [0.25, 0.3) is 10.4 Å². The smallest absolute Gasteiger partial charge is 0.309 e. The number of likely N-dealkylation sites (tertiary alicyclic amines) is 1. The number of carbonyl (C=O) groups excluding carboxylic acids is 4. The van der Waals surface area contributed by atoms with Gasteiger partial charge in [-0.15, -0.1) is 11.3 Å². The second kappa shape index (κ2) is 16.4. The normalized spacial score (nSPS) is 17.5. The number of aromatic nitrogens is 1. The second-order valence-corrected chi connectivity index (χ2v) is 17.5. The SMILES string of the molecule is CC(=O)N[C@H](C(=O)N1C[C@H](O)C[C@H]1C(=O)NCc1ccc(-c2scnc2C)cc1OC(C)(C)CCOC(C)(C)CC(=O)OC(C)(C)C)C(C)(C)C. The number of β-amino-alcohol motifs (C(OH)–C–C–N with tert-alkyl or cyclic N) is 1. The topological polar surface area (TPSA) is 156 Å². The Morgan fingerprint density at radius 1 is 1.04 bits per heavy atom. The molecule has 1 aliphatic heterocycles. The lowest BCUT2D eigenvalue weighted by Crippen LogP contribution is -2.57. The summed E-state index contributed by atoms with van der Waals surface area (Å²) in [4.78, 5) is 58.5. The molecule has 1 aromatic heterocycles. The summed E-state index contributed by atoms with van der Waals surface area (Å²) in [5.74, 6) is -0.945. The maximum Gasteiger partial charge on any atom is 0.309 e. The van der Waals surface area contributed by atoms with Crippen LogP contribution in [-0.2, 0) is 35.2 Å². The van der Waals surface area contributed by atoms with Crippen LogP contribution in [0.4, 0.5) is 0 Å². The zero-order chi connectivity index (χ0) is 38.5. The molecular weight excluding hydrogens is 673 g/mol. The van der Waals surface area contributed by atoms with Crippen molar-refractivity contribution in [3.63, 3.8) is 0 Å². The lowest BCUT2D eigenvalue weighted by atomic mass is 9.85. The monoisotopic (exact) mass is 730 g/mol. The third-order valence-electron chi connectivity index (χ3n) is 8.43. The number of carbonyl (C=O) groups is 4. The number of ether oxygens (including phenoxy) is 3. The Morgan fingerprint density at radius 3 is 2.27 bits per heavy atom. The molecule has 0 unspecified atom stereocenters. The average molecular weight is 731 g/mol. The van der Waals surface area contributed by atoms with Gasteiger partial charge < -0.3 is 34.9 Å².